The van der Waals surface area contributed by atoms with Gasteiger partial charge in [0.05, 0.1) is 12.3 Å². The molecule has 2 heterocycles. The number of hydrogen-bond acceptors (Lipinski definition) is 6. The Morgan fingerprint density at radius 1 is 1.41 bits per heavy atom. The van der Waals surface area contributed by atoms with Gasteiger partial charge in [0.1, 0.15) is 22.3 Å². The smallest absolute Gasteiger partial charge is 0.262 e. The molecule has 0 aliphatic rings. The van der Waals surface area contributed by atoms with Gasteiger partial charge < -0.3 is 9.52 Å². The average molecular weight is 272 g/mol. The van der Waals surface area contributed by atoms with Gasteiger partial charge in [0.25, 0.3) is 5.22 Å². The van der Waals surface area contributed by atoms with Gasteiger partial charge >= 0.3 is 0 Å². The van der Waals surface area contributed by atoms with Crippen LogP contribution in [0.25, 0.3) is 0 Å². The van der Waals surface area contributed by atoms with Crippen LogP contribution < -0.4 is 0 Å². The van der Waals surface area contributed by atoms with E-state index in [0.29, 0.717) is 15.8 Å². The van der Waals surface area contributed by atoms with Gasteiger partial charge in [-0.2, -0.15) is 0 Å². The number of oxazole rings is 1. The predicted octanol–water partition coefficient (Wildman–Crippen LogP) is 2.38. The number of hydrogen-bond donors (Lipinski definition) is 1. The third kappa shape index (κ3) is 2.59. The topological polar surface area (TPSA) is 72.0 Å². The van der Waals surface area contributed by atoms with E-state index in [0.717, 1.165) is 11.5 Å². The second-order valence-corrected chi connectivity index (χ2v) is 4.63. The molecule has 90 valence electrons. The predicted molar refractivity (Wildman–Crippen MR) is 63.1 cm³/mol. The molecule has 5 nitrogen and oxygen atoms in total. The second-order valence-electron chi connectivity index (χ2n) is 3.33. The summed E-state index contributed by atoms with van der Waals surface area (Å²) in [6, 6.07) is 0. The summed E-state index contributed by atoms with van der Waals surface area (Å²) in [5.41, 5.74) is 1.31. The fraction of sp³-hybridized carbons (Fsp3) is 0.300. The van der Waals surface area contributed by atoms with Crippen LogP contribution in [0.15, 0.2) is 21.0 Å². The van der Waals surface area contributed by atoms with Gasteiger partial charge in [-0.1, -0.05) is 11.6 Å². The van der Waals surface area contributed by atoms with Crippen molar-refractivity contribution >= 4 is 23.4 Å². The average Bonchev–Trinajstić information content (AvgIpc) is 2.58. The van der Waals surface area contributed by atoms with Gasteiger partial charge in [-0.3, -0.25) is 0 Å². The molecule has 1 N–H and O–H groups in total. The van der Waals surface area contributed by atoms with Gasteiger partial charge in [0.15, 0.2) is 0 Å². The van der Waals surface area contributed by atoms with Gasteiger partial charge in [0.2, 0.25) is 0 Å². The number of aromatic nitrogens is 3. The minimum absolute atomic E-state index is 0.222. The van der Waals surface area contributed by atoms with Crippen molar-refractivity contribution in [2.45, 2.75) is 30.7 Å². The Hall–Kier alpha value is -1.11. The Bertz CT molecular complexity index is 525. The fourth-order valence-corrected chi connectivity index (χ4v) is 2.31. The van der Waals surface area contributed by atoms with Crippen molar-refractivity contribution in [3.63, 3.8) is 0 Å². The van der Waals surface area contributed by atoms with E-state index in [2.05, 4.69) is 15.0 Å². The molecule has 0 saturated carbocycles. The first-order valence-corrected chi connectivity index (χ1v) is 6.03. The second kappa shape index (κ2) is 5.03. The first kappa shape index (κ1) is 12.3. The van der Waals surface area contributed by atoms with E-state index in [9.17, 15) is 5.11 Å². The molecular formula is C10H10ClN3O2S. The summed E-state index contributed by atoms with van der Waals surface area (Å²) in [7, 11) is 0. The minimum Gasteiger partial charge on any atom is -0.436 e. The quantitative estimate of drug-likeness (QED) is 0.864. The van der Waals surface area contributed by atoms with Crippen molar-refractivity contribution in [2.24, 2.45) is 0 Å². The summed E-state index contributed by atoms with van der Waals surface area (Å²) in [5, 5.41) is 10.5. The summed E-state index contributed by atoms with van der Waals surface area (Å²) < 4.78 is 5.42. The Morgan fingerprint density at radius 2 is 2.18 bits per heavy atom. The van der Waals surface area contributed by atoms with Crippen LogP contribution in [0.1, 0.15) is 17.0 Å². The molecule has 0 aliphatic heterocycles. The SMILES string of the molecule is Cc1nc(Sc2ncnc(Cl)c2CO)oc1C. The molecule has 0 fully saturated rings. The van der Waals surface area contributed by atoms with Crippen LogP contribution in [-0.2, 0) is 6.61 Å². The zero-order valence-electron chi connectivity index (χ0n) is 9.27. The summed E-state index contributed by atoms with van der Waals surface area (Å²) in [4.78, 5) is 12.1. The van der Waals surface area contributed by atoms with Gasteiger partial charge in [-0.05, 0) is 25.6 Å². The van der Waals surface area contributed by atoms with E-state index in [4.69, 9.17) is 16.0 Å². The number of nitrogens with zero attached hydrogens (tertiary/aromatic N) is 3. The van der Waals surface area contributed by atoms with Crippen LogP contribution in [0.3, 0.4) is 0 Å². The molecule has 0 bridgehead atoms. The largest absolute Gasteiger partial charge is 0.436 e. The van der Waals surface area contributed by atoms with Crippen LogP contribution in [0.5, 0.6) is 0 Å². The van der Waals surface area contributed by atoms with Crippen molar-refractivity contribution in [3.8, 4) is 0 Å². The number of aliphatic hydroxyl groups is 1. The Kier molecular flexibility index (Phi) is 3.66. The summed E-state index contributed by atoms with van der Waals surface area (Å²) in [6.07, 6.45) is 1.34. The Labute approximate surface area is 107 Å². The van der Waals surface area contributed by atoms with Crippen molar-refractivity contribution in [2.75, 3.05) is 0 Å². The van der Waals surface area contributed by atoms with Gasteiger partial charge in [0, 0.05) is 5.56 Å². The lowest BCUT2D eigenvalue weighted by atomic mass is 10.4. The highest BCUT2D eigenvalue weighted by molar-refractivity contribution is 7.99. The molecule has 2 aromatic rings. The molecule has 0 aromatic carbocycles. The minimum atomic E-state index is -0.222. The fourth-order valence-electron chi connectivity index (χ4n) is 1.17. The zero-order valence-corrected chi connectivity index (χ0v) is 10.8. The lowest BCUT2D eigenvalue weighted by Gasteiger charge is -2.03. The highest BCUT2D eigenvalue weighted by atomic mass is 35.5. The van der Waals surface area contributed by atoms with Crippen LogP contribution in [-0.4, -0.2) is 20.1 Å². The van der Waals surface area contributed by atoms with Crippen LogP contribution >= 0.6 is 23.4 Å². The lowest BCUT2D eigenvalue weighted by molar-refractivity contribution is 0.277. The maximum atomic E-state index is 9.21. The molecule has 7 heteroatoms. The van der Waals surface area contributed by atoms with Crippen LogP contribution in [0.4, 0.5) is 0 Å². The van der Waals surface area contributed by atoms with Crippen LogP contribution in [0.2, 0.25) is 5.15 Å². The maximum Gasteiger partial charge on any atom is 0.262 e. The van der Waals surface area contributed by atoms with E-state index >= 15 is 0 Å². The van der Waals surface area contributed by atoms with Crippen molar-refractivity contribution in [1.29, 1.82) is 0 Å². The first-order chi connectivity index (χ1) is 8.11. The number of aryl methyl sites for hydroxylation is 2. The van der Waals surface area contributed by atoms with Crippen molar-refractivity contribution < 1.29 is 9.52 Å². The molecule has 0 saturated heterocycles. The number of rotatable bonds is 3. The number of halogens is 1. The van der Waals surface area contributed by atoms with Crippen molar-refractivity contribution in [3.05, 3.63) is 28.5 Å². The van der Waals surface area contributed by atoms with Gasteiger partial charge in [-0.15, -0.1) is 0 Å². The Balaban J connectivity index is 2.32. The first-order valence-electron chi connectivity index (χ1n) is 4.84. The molecule has 2 aromatic heterocycles. The molecule has 0 aliphatic carbocycles. The highest BCUT2D eigenvalue weighted by Crippen LogP contribution is 2.31. The van der Waals surface area contributed by atoms with Crippen LogP contribution in [0, 0.1) is 13.8 Å². The third-order valence-electron chi connectivity index (χ3n) is 2.20. The number of aliphatic hydroxyl groups excluding tert-OH is 1. The van der Waals surface area contributed by atoms with Gasteiger partial charge in [-0.25, -0.2) is 15.0 Å². The van der Waals surface area contributed by atoms with Crippen molar-refractivity contribution in [1.82, 2.24) is 15.0 Å². The summed E-state index contributed by atoms with van der Waals surface area (Å²) in [5.74, 6) is 0.762. The van der Waals surface area contributed by atoms with E-state index < -0.39 is 0 Å². The molecule has 0 atom stereocenters. The molecule has 17 heavy (non-hydrogen) atoms. The molecule has 0 radical (unpaired) electrons. The summed E-state index contributed by atoms with van der Waals surface area (Å²) in [6.45, 7) is 3.48. The molecule has 2 rings (SSSR count). The summed E-state index contributed by atoms with van der Waals surface area (Å²) >= 11 is 7.07. The lowest BCUT2D eigenvalue weighted by Crippen LogP contribution is -1.95. The van der Waals surface area contributed by atoms with E-state index in [1.807, 2.05) is 13.8 Å². The van der Waals surface area contributed by atoms with E-state index in [1.54, 1.807) is 0 Å². The molecular weight excluding hydrogens is 262 g/mol. The molecule has 0 spiro atoms. The highest BCUT2D eigenvalue weighted by Gasteiger charge is 2.14. The standard InChI is InChI=1S/C10H10ClN3O2S/c1-5-6(2)16-10(14-5)17-9-7(3-15)8(11)12-4-13-9/h4,15H,3H2,1-2H3. The zero-order chi connectivity index (χ0) is 12.4. The monoisotopic (exact) mass is 271 g/mol. The normalized spacial score (nSPS) is 10.8. The van der Waals surface area contributed by atoms with E-state index in [1.165, 1.54) is 18.1 Å². The maximum absolute atomic E-state index is 9.21. The molecule has 0 amide bonds. The third-order valence-corrected chi connectivity index (χ3v) is 3.42. The Morgan fingerprint density at radius 3 is 2.76 bits per heavy atom. The van der Waals surface area contributed by atoms with E-state index in [-0.39, 0.29) is 11.8 Å². The molecule has 0 unspecified atom stereocenters.